The van der Waals surface area contributed by atoms with Gasteiger partial charge in [-0.05, 0) is 65.8 Å². The van der Waals surface area contributed by atoms with Crippen molar-refractivity contribution in [1.82, 2.24) is 14.3 Å². The van der Waals surface area contributed by atoms with Crippen LogP contribution in [0.4, 0.5) is 25.8 Å². The van der Waals surface area contributed by atoms with Crippen molar-refractivity contribution in [3.8, 4) is 11.3 Å². The lowest BCUT2D eigenvalue weighted by atomic mass is 10.1. The molecule has 4 N–H and O–H groups in total. The van der Waals surface area contributed by atoms with Crippen LogP contribution < -0.4 is 21.2 Å². The highest BCUT2D eigenvalue weighted by molar-refractivity contribution is 14.1. The average Bonchev–Trinajstić information content (AvgIpc) is 3.78. The first-order valence-corrected chi connectivity index (χ1v) is 15.0. The first-order chi connectivity index (χ1) is 19.4. The van der Waals surface area contributed by atoms with Gasteiger partial charge in [-0.1, -0.05) is 12.1 Å². The first kappa shape index (κ1) is 29.1. The molecular formula is C26H24F2IN5O6S. The number of aryl methyl sites for hydroxylation is 1. The van der Waals surface area contributed by atoms with Crippen molar-refractivity contribution in [1.29, 1.82) is 0 Å². The van der Waals surface area contributed by atoms with Gasteiger partial charge in [-0.15, -0.1) is 0 Å². The highest BCUT2D eigenvalue weighted by Gasteiger charge is 2.35. The molecule has 2 aromatic carbocycles. The normalized spacial score (nSPS) is 14.3. The Labute approximate surface area is 245 Å². The van der Waals surface area contributed by atoms with Gasteiger partial charge in [0.25, 0.3) is 11.1 Å². The van der Waals surface area contributed by atoms with Gasteiger partial charge in [0, 0.05) is 21.9 Å². The molecular weight excluding hydrogens is 675 g/mol. The van der Waals surface area contributed by atoms with Crippen LogP contribution in [-0.2, 0) is 23.6 Å². The SMILES string of the molecule is Cn1c(=O)c(F)c(Nc2ccc(I)cc2F)c2c(=O)n(CC(O)CO)nc(-c3cccc(NS(=O)(=O)C4CC4)c3)c21. The molecule has 0 aliphatic heterocycles. The van der Waals surface area contributed by atoms with Crippen molar-refractivity contribution in [3.63, 3.8) is 0 Å². The van der Waals surface area contributed by atoms with Crippen molar-refractivity contribution in [2.45, 2.75) is 30.7 Å². The monoisotopic (exact) mass is 699 g/mol. The summed E-state index contributed by atoms with van der Waals surface area (Å²) >= 11 is 1.89. The zero-order chi connectivity index (χ0) is 29.6. The molecule has 0 radical (unpaired) electrons. The third-order valence-electron chi connectivity index (χ3n) is 6.57. The standard InChI is InChI=1S/C26H24F2IN5O6S/c1-33-24-20(23(21(28)26(33)38)30-19-8-5-14(29)10-18(19)27)25(37)34(11-16(36)12-35)31-22(24)13-3-2-4-15(9-13)32-41(39,40)17-6-7-17/h2-5,8-10,16-17,30,32,35-36H,6-7,11-12H2,1H3. The smallest absolute Gasteiger partial charge is 0.289 e. The van der Waals surface area contributed by atoms with Crippen LogP contribution in [0.15, 0.2) is 52.1 Å². The quantitative estimate of drug-likeness (QED) is 0.195. The van der Waals surface area contributed by atoms with Crippen LogP contribution in [0.3, 0.4) is 0 Å². The van der Waals surface area contributed by atoms with E-state index in [9.17, 15) is 32.6 Å². The lowest BCUT2D eigenvalue weighted by Crippen LogP contribution is -2.34. The molecule has 5 rings (SSSR count). The number of hydrogen-bond acceptors (Lipinski definition) is 8. The number of sulfonamides is 1. The number of nitrogens with one attached hydrogen (secondary N) is 2. The zero-order valence-electron chi connectivity index (χ0n) is 21.4. The van der Waals surface area contributed by atoms with Gasteiger partial charge >= 0.3 is 0 Å². The largest absolute Gasteiger partial charge is 0.394 e. The Hall–Kier alpha value is -3.41. The predicted molar refractivity (Wildman–Crippen MR) is 158 cm³/mol. The number of fused-ring (bicyclic) bond motifs is 1. The van der Waals surface area contributed by atoms with E-state index in [2.05, 4.69) is 15.1 Å². The number of anilines is 3. The van der Waals surface area contributed by atoms with E-state index in [1.807, 2.05) is 22.6 Å². The molecule has 1 saturated carbocycles. The molecule has 0 amide bonds. The molecule has 2 aromatic heterocycles. The third kappa shape index (κ3) is 5.71. The van der Waals surface area contributed by atoms with Gasteiger partial charge in [0.2, 0.25) is 15.8 Å². The molecule has 2 heterocycles. The molecule has 1 aliphatic rings. The molecule has 15 heteroatoms. The number of nitrogens with zero attached hydrogens (tertiary/aromatic N) is 3. The van der Waals surface area contributed by atoms with E-state index < -0.39 is 63.0 Å². The van der Waals surface area contributed by atoms with Gasteiger partial charge in [0.1, 0.15) is 11.5 Å². The third-order valence-corrected chi connectivity index (χ3v) is 9.11. The summed E-state index contributed by atoms with van der Waals surface area (Å²) in [7, 11) is -2.39. The number of halogens is 3. The molecule has 1 unspecified atom stereocenters. The molecule has 0 spiro atoms. The van der Waals surface area contributed by atoms with E-state index in [-0.39, 0.29) is 33.5 Å². The highest BCUT2D eigenvalue weighted by Crippen LogP contribution is 2.34. The number of benzene rings is 2. The van der Waals surface area contributed by atoms with E-state index in [1.54, 1.807) is 12.1 Å². The second kappa shape index (κ2) is 11.1. The van der Waals surface area contributed by atoms with E-state index >= 15 is 4.39 Å². The lowest BCUT2D eigenvalue weighted by molar-refractivity contribution is 0.0772. The summed E-state index contributed by atoms with van der Waals surface area (Å²) in [6, 6.07) is 10.1. The first-order valence-electron chi connectivity index (χ1n) is 12.4. The Balaban J connectivity index is 1.79. The van der Waals surface area contributed by atoms with Crippen LogP contribution >= 0.6 is 22.6 Å². The van der Waals surface area contributed by atoms with E-state index in [1.165, 1.54) is 37.4 Å². The Bertz CT molecular complexity index is 1910. The van der Waals surface area contributed by atoms with Crippen molar-refractivity contribution >= 4 is 60.6 Å². The number of pyridine rings is 1. The second-order valence-corrected chi connectivity index (χ2v) is 12.8. The fourth-order valence-electron chi connectivity index (χ4n) is 4.35. The Morgan fingerprint density at radius 3 is 2.54 bits per heavy atom. The summed E-state index contributed by atoms with van der Waals surface area (Å²) in [5, 5.41) is 25.5. The van der Waals surface area contributed by atoms with E-state index in [0.29, 0.717) is 16.4 Å². The predicted octanol–water partition coefficient (Wildman–Crippen LogP) is 2.65. The van der Waals surface area contributed by atoms with Gasteiger partial charge in [-0.3, -0.25) is 14.3 Å². The molecule has 41 heavy (non-hydrogen) atoms. The number of aromatic nitrogens is 3. The van der Waals surface area contributed by atoms with Crippen LogP contribution in [0.25, 0.3) is 22.2 Å². The van der Waals surface area contributed by atoms with Crippen molar-refractivity contribution in [2.24, 2.45) is 7.05 Å². The van der Waals surface area contributed by atoms with Crippen LogP contribution in [0.1, 0.15) is 12.8 Å². The fraction of sp³-hybridized carbons (Fsp3) is 0.269. The average molecular weight is 699 g/mol. The lowest BCUT2D eigenvalue weighted by Gasteiger charge is -2.19. The topological polar surface area (TPSA) is 156 Å². The van der Waals surface area contributed by atoms with Crippen molar-refractivity contribution in [3.05, 3.63) is 78.4 Å². The van der Waals surface area contributed by atoms with Crippen molar-refractivity contribution in [2.75, 3.05) is 16.6 Å². The van der Waals surface area contributed by atoms with Crippen LogP contribution in [-0.4, -0.2) is 50.9 Å². The van der Waals surface area contributed by atoms with Crippen molar-refractivity contribution < 1.29 is 27.4 Å². The second-order valence-electron chi connectivity index (χ2n) is 9.63. The minimum absolute atomic E-state index is 0.0251. The summed E-state index contributed by atoms with van der Waals surface area (Å²) in [5.74, 6) is -2.11. The molecule has 1 fully saturated rings. The summed E-state index contributed by atoms with van der Waals surface area (Å²) in [6.45, 7) is -1.20. The van der Waals surface area contributed by atoms with Gasteiger partial charge in [0.15, 0.2) is 0 Å². The summed E-state index contributed by atoms with van der Waals surface area (Å²) in [4.78, 5) is 26.7. The van der Waals surface area contributed by atoms with E-state index in [0.717, 1.165) is 9.25 Å². The minimum Gasteiger partial charge on any atom is -0.394 e. The Morgan fingerprint density at radius 1 is 1.15 bits per heavy atom. The van der Waals surface area contributed by atoms with Gasteiger partial charge < -0.3 is 20.1 Å². The van der Waals surface area contributed by atoms with E-state index in [4.69, 9.17) is 0 Å². The Kier molecular flexibility index (Phi) is 7.88. The molecule has 1 atom stereocenters. The van der Waals surface area contributed by atoms with Crippen LogP contribution in [0.5, 0.6) is 0 Å². The van der Waals surface area contributed by atoms with Gasteiger partial charge in [-0.2, -0.15) is 9.49 Å². The summed E-state index contributed by atoms with van der Waals surface area (Å²) in [6.07, 6.45) is -0.321. The maximum atomic E-state index is 15.5. The summed E-state index contributed by atoms with van der Waals surface area (Å²) in [5.41, 5.74) is -2.55. The number of hydrogen-bond donors (Lipinski definition) is 4. The van der Waals surface area contributed by atoms with Gasteiger partial charge in [-0.25, -0.2) is 17.5 Å². The fourth-order valence-corrected chi connectivity index (χ4v) is 6.19. The number of rotatable bonds is 9. The highest BCUT2D eigenvalue weighted by atomic mass is 127. The minimum atomic E-state index is -3.62. The molecule has 216 valence electrons. The summed E-state index contributed by atoms with van der Waals surface area (Å²) < 4.78 is 60.1. The Morgan fingerprint density at radius 2 is 1.88 bits per heavy atom. The number of aliphatic hydroxyl groups is 2. The molecule has 0 bridgehead atoms. The molecule has 1 aliphatic carbocycles. The van der Waals surface area contributed by atoms with Gasteiger partial charge in [0.05, 0.1) is 46.8 Å². The molecule has 11 nitrogen and oxygen atoms in total. The molecule has 0 saturated heterocycles. The maximum Gasteiger partial charge on any atom is 0.289 e. The zero-order valence-corrected chi connectivity index (χ0v) is 24.4. The molecule has 4 aromatic rings. The number of aliphatic hydroxyl groups excluding tert-OH is 2. The van der Waals surface area contributed by atoms with Crippen LogP contribution in [0, 0.1) is 15.2 Å². The van der Waals surface area contributed by atoms with Crippen LogP contribution in [0.2, 0.25) is 0 Å². The maximum absolute atomic E-state index is 15.5.